The molecule has 1 aromatic carbocycles. The van der Waals surface area contributed by atoms with Crippen molar-refractivity contribution in [1.82, 2.24) is 19.8 Å². The molecule has 3 aromatic rings. The van der Waals surface area contributed by atoms with Gasteiger partial charge in [-0.25, -0.2) is 0 Å². The Morgan fingerprint density at radius 2 is 1.54 bits per heavy atom. The summed E-state index contributed by atoms with van der Waals surface area (Å²) in [6, 6.07) is 19.3. The van der Waals surface area contributed by atoms with Crippen LogP contribution in [0.4, 0.5) is 0 Å². The number of aryl methyl sites for hydroxylation is 2. The number of aromatic nitrogens is 2. The molecule has 2 aromatic heterocycles. The van der Waals surface area contributed by atoms with Gasteiger partial charge in [0.2, 0.25) is 5.91 Å². The van der Waals surface area contributed by atoms with Crippen LogP contribution in [0.1, 0.15) is 61.6 Å². The first-order chi connectivity index (χ1) is 18.3. The van der Waals surface area contributed by atoms with Gasteiger partial charge in [-0.1, -0.05) is 36.4 Å². The Bertz CT molecular complexity index is 1040. The first kappa shape index (κ1) is 25.6. The van der Waals surface area contributed by atoms with Gasteiger partial charge >= 0.3 is 0 Å². The van der Waals surface area contributed by atoms with Crippen molar-refractivity contribution in [1.29, 1.82) is 0 Å². The van der Waals surface area contributed by atoms with Crippen molar-refractivity contribution >= 4 is 5.91 Å². The highest BCUT2D eigenvalue weighted by Crippen LogP contribution is 2.34. The second-order valence-corrected chi connectivity index (χ2v) is 10.8. The Morgan fingerprint density at radius 1 is 0.838 bits per heavy atom. The third kappa shape index (κ3) is 7.04. The van der Waals surface area contributed by atoms with Crippen molar-refractivity contribution in [2.75, 3.05) is 13.1 Å². The molecule has 6 rings (SSSR count). The lowest BCUT2D eigenvalue weighted by Crippen LogP contribution is -2.57. The molecule has 2 atom stereocenters. The molecule has 0 spiro atoms. The molecule has 0 aliphatic carbocycles. The van der Waals surface area contributed by atoms with Crippen LogP contribution < -0.4 is 0 Å². The number of rotatable bonds is 12. The first-order valence-corrected chi connectivity index (χ1v) is 14.1. The third-order valence-corrected chi connectivity index (χ3v) is 8.33. The maximum Gasteiger partial charge on any atom is 0.240 e. The molecule has 3 aliphatic rings. The van der Waals surface area contributed by atoms with Gasteiger partial charge in [0.25, 0.3) is 0 Å². The minimum Gasteiger partial charge on any atom is -0.334 e. The molecule has 3 saturated heterocycles. The first-order valence-electron chi connectivity index (χ1n) is 14.1. The van der Waals surface area contributed by atoms with Gasteiger partial charge in [-0.15, -0.1) is 0 Å². The predicted octanol–water partition coefficient (Wildman–Crippen LogP) is 5.70. The summed E-state index contributed by atoms with van der Waals surface area (Å²) in [5.74, 6) is 1.05. The summed E-state index contributed by atoms with van der Waals surface area (Å²) in [4.78, 5) is 27.5. The third-order valence-electron chi connectivity index (χ3n) is 8.33. The molecule has 0 radical (unpaired) electrons. The quantitative estimate of drug-likeness (QED) is 0.323. The largest absolute Gasteiger partial charge is 0.334 e. The molecule has 1 amide bonds. The van der Waals surface area contributed by atoms with Gasteiger partial charge in [0, 0.05) is 37.4 Å². The van der Waals surface area contributed by atoms with Gasteiger partial charge in [-0.2, -0.15) is 0 Å². The molecule has 0 saturated carbocycles. The molecular formula is C32H40N4O. The molecular weight excluding hydrogens is 456 g/mol. The van der Waals surface area contributed by atoms with Crippen LogP contribution in [0.3, 0.4) is 0 Å². The molecule has 5 heterocycles. The van der Waals surface area contributed by atoms with E-state index in [9.17, 15) is 4.79 Å². The molecule has 3 fully saturated rings. The topological polar surface area (TPSA) is 49.3 Å². The number of nitrogens with zero attached hydrogens (tertiary/aromatic N) is 4. The van der Waals surface area contributed by atoms with Crippen LogP contribution in [0, 0.1) is 5.92 Å². The van der Waals surface area contributed by atoms with Crippen LogP contribution in [0.5, 0.6) is 0 Å². The van der Waals surface area contributed by atoms with Crippen molar-refractivity contribution in [2.45, 2.75) is 76.4 Å². The van der Waals surface area contributed by atoms with E-state index in [2.05, 4.69) is 68.3 Å². The summed E-state index contributed by atoms with van der Waals surface area (Å²) in [6.45, 7) is 2.81. The predicted molar refractivity (Wildman–Crippen MR) is 148 cm³/mol. The van der Waals surface area contributed by atoms with Crippen LogP contribution >= 0.6 is 0 Å². The lowest BCUT2D eigenvalue weighted by atomic mass is 9.82. The monoisotopic (exact) mass is 496 g/mol. The van der Waals surface area contributed by atoms with E-state index in [4.69, 9.17) is 0 Å². The number of carbonyl (C=O) groups is 1. The highest BCUT2D eigenvalue weighted by molar-refractivity contribution is 5.82. The lowest BCUT2D eigenvalue weighted by molar-refractivity contribution is -0.145. The highest BCUT2D eigenvalue weighted by Gasteiger charge is 2.40. The minimum absolute atomic E-state index is 0.0456. The minimum atomic E-state index is 0.0456. The Labute approximate surface area is 221 Å². The fraction of sp³-hybridized carbons (Fsp3) is 0.469. The number of hydrogen-bond acceptors (Lipinski definition) is 4. The summed E-state index contributed by atoms with van der Waals surface area (Å²) in [7, 11) is 0. The van der Waals surface area contributed by atoms with Crippen molar-refractivity contribution in [3.63, 3.8) is 0 Å². The summed E-state index contributed by atoms with van der Waals surface area (Å²) in [5.41, 5.74) is 3.81. The number of carbonyl (C=O) groups excluding carboxylic acids is 1. The second-order valence-electron chi connectivity index (χ2n) is 10.8. The van der Waals surface area contributed by atoms with E-state index < -0.39 is 0 Å². The number of hydrogen-bond donors (Lipinski definition) is 0. The number of benzene rings is 1. The van der Waals surface area contributed by atoms with Crippen molar-refractivity contribution in [3.8, 4) is 0 Å². The van der Waals surface area contributed by atoms with Crippen molar-refractivity contribution in [2.24, 2.45) is 5.92 Å². The smallest absolute Gasteiger partial charge is 0.240 e. The van der Waals surface area contributed by atoms with Gasteiger partial charge in [-0.05, 0) is 112 Å². The van der Waals surface area contributed by atoms with Crippen LogP contribution in [0.2, 0.25) is 0 Å². The summed E-state index contributed by atoms with van der Waals surface area (Å²) >= 11 is 0. The van der Waals surface area contributed by atoms with Crippen LogP contribution in [-0.4, -0.2) is 50.8 Å². The Balaban J connectivity index is 1.34. The molecule has 2 bridgehead atoms. The van der Waals surface area contributed by atoms with E-state index in [0.29, 0.717) is 18.4 Å². The zero-order valence-electron chi connectivity index (χ0n) is 21.9. The maximum atomic E-state index is 14.3. The maximum absolute atomic E-state index is 14.3. The van der Waals surface area contributed by atoms with E-state index in [0.717, 1.165) is 58.0 Å². The Kier molecular flexibility index (Phi) is 8.96. The average Bonchev–Trinajstić information content (AvgIpc) is 2.97. The normalized spacial score (nSPS) is 21.5. The van der Waals surface area contributed by atoms with Gasteiger partial charge in [0.05, 0.1) is 6.04 Å². The number of fused-ring (bicyclic) bond motifs is 3. The highest BCUT2D eigenvalue weighted by atomic mass is 16.2. The van der Waals surface area contributed by atoms with E-state index in [1.165, 1.54) is 29.5 Å². The van der Waals surface area contributed by atoms with Crippen LogP contribution in [-0.2, 0) is 24.2 Å². The van der Waals surface area contributed by atoms with Gasteiger partial charge < -0.3 is 4.90 Å². The molecule has 5 heteroatoms. The van der Waals surface area contributed by atoms with Gasteiger partial charge in [0.15, 0.2) is 0 Å². The van der Waals surface area contributed by atoms with Gasteiger partial charge in [-0.3, -0.25) is 19.7 Å². The summed E-state index contributed by atoms with van der Waals surface area (Å²) < 4.78 is 0. The van der Waals surface area contributed by atoms with Crippen molar-refractivity contribution < 1.29 is 4.79 Å². The zero-order valence-corrected chi connectivity index (χ0v) is 21.9. The Hall–Kier alpha value is -3.05. The molecule has 2 unspecified atom stereocenters. The molecule has 37 heavy (non-hydrogen) atoms. The van der Waals surface area contributed by atoms with E-state index in [1.54, 1.807) is 0 Å². The molecule has 5 nitrogen and oxygen atoms in total. The van der Waals surface area contributed by atoms with Crippen molar-refractivity contribution in [3.05, 3.63) is 96.1 Å². The fourth-order valence-electron chi connectivity index (χ4n) is 6.22. The van der Waals surface area contributed by atoms with E-state index >= 15 is 0 Å². The lowest BCUT2D eigenvalue weighted by Gasteiger charge is -2.47. The Morgan fingerprint density at radius 3 is 2.19 bits per heavy atom. The summed E-state index contributed by atoms with van der Waals surface area (Å²) in [6.07, 6.45) is 17.2. The van der Waals surface area contributed by atoms with E-state index in [-0.39, 0.29) is 12.1 Å². The number of piperidine rings is 3. The zero-order chi connectivity index (χ0) is 25.3. The fourth-order valence-corrected chi connectivity index (χ4v) is 6.22. The number of pyridine rings is 2. The van der Waals surface area contributed by atoms with Crippen LogP contribution in [0.25, 0.3) is 0 Å². The van der Waals surface area contributed by atoms with E-state index in [1.807, 2.05) is 30.9 Å². The molecule has 194 valence electrons. The van der Waals surface area contributed by atoms with Gasteiger partial charge in [0.1, 0.15) is 0 Å². The SMILES string of the molecule is O=C(C1CC2CCN1CC2)N(Cc1ccncc1)C(CCCc1ccccc1)CCCc1cccnc1. The molecule has 0 N–H and O–H groups in total. The van der Waals surface area contributed by atoms with Crippen LogP contribution in [0.15, 0.2) is 79.4 Å². The average molecular weight is 497 g/mol. The summed E-state index contributed by atoms with van der Waals surface area (Å²) in [5, 5.41) is 0. The number of amides is 1. The second kappa shape index (κ2) is 13.0. The molecule has 3 aliphatic heterocycles. The standard InChI is InChI=1S/C32H40N4O/c37-32(31-23-27-16-21-35(31)22-17-27)36(25-29-14-19-33-20-15-29)30(12-4-9-26-7-2-1-3-8-26)13-5-10-28-11-6-18-34-24-28/h1-3,6-8,11,14-15,18-20,24,27,30-31H,4-5,9-10,12-13,16-17,21-23,25H2.